The molecule has 1 aromatic carbocycles. The largest absolute Gasteiger partial charge is 0.417 e. The fourth-order valence-corrected chi connectivity index (χ4v) is 6.12. The molecule has 2 heterocycles. The monoisotopic (exact) mass is 603 g/mol. The van der Waals surface area contributed by atoms with E-state index >= 15 is 0 Å². The van der Waals surface area contributed by atoms with Crippen LogP contribution in [0.3, 0.4) is 0 Å². The van der Waals surface area contributed by atoms with Crippen LogP contribution in [0.2, 0.25) is 0 Å². The molecule has 1 saturated heterocycles. The average molecular weight is 604 g/mol. The number of carbonyl (C=O) groups excluding carboxylic acids is 3. The Bertz CT molecular complexity index is 1280. The molecule has 0 saturated carbocycles. The Kier molecular flexibility index (Phi) is 10.7. The van der Waals surface area contributed by atoms with Crippen LogP contribution in [0.5, 0.6) is 0 Å². The number of imide groups is 1. The summed E-state index contributed by atoms with van der Waals surface area (Å²) in [5.74, 6) is -1.24. The first-order valence-corrected chi connectivity index (χ1v) is 14.9. The quantitative estimate of drug-likeness (QED) is 0.252. The van der Waals surface area contributed by atoms with Gasteiger partial charge in [-0.2, -0.15) is 18.4 Å². The minimum Gasteiger partial charge on any atom is -0.333 e. The standard InChI is InChI=1S/C32H44F3N5O3/c1-22-25(28(42)40(27(22)41)24-13-12-23(20-36)26(19-24)32(33,34)35)11-9-7-8-10-14-38-15-17-39(18-16-38)29(43)37-31(5,6)21-30(2,3)4/h12-13,19H,7-11,14-18,21H2,1-6H3,(H,37,43). The molecular formula is C32H44F3N5O3. The fourth-order valence-electron chi connectivity index (χ4n) is 6.12. The number of carbonyl (C=O) groups is 3. The van der Waals surface area contributed by atoms with Gasteiger partial charge in [0, 0.05) is 42.9 Å². The van der Waals surface area contributed by atoms with Gasteiger partial charge in [0.1, 0.15) is 0 Å². The second-order valence-electron chi connectivity index (χ2n) is 13.4. The molecule has 11 heteroatoms. The third-order valence-electron chi connectivity index (χ3n) is 7.85. The van der Waals surface area contributed by atoms with Crippen molar-refractivity contribution in [2.45, 2.75) is 91.8 Å². The number of alkyl halides is 3. The van der Waals surface area contributed by atoms with E-state index in [0.29, 0.717) is 37.6 Å². The zero-order valence-corrected chi connectivity index (χ0v) is 26.2. The number of amides is 4. The Balaban J connectivity index is 1.41. The van der Waals surface area contributed by atoms with Crippen LogP contribution in [0.4, 0.5) is 23.7 Å². The number of hydrogen-bond donors (Lipinski definition) is 1. The summed E-state index contributed by atoms with van der Waals surface area (Å²) in [7, 11) is 0. The molecule has 4 amide bonds. The molecular weight excluding hydrogens is 559 g/mol. The van der Waals surface area contributed by atoms with Crippen LogP contribution < -0.4 is 10.2 Å². The van der Waals surface area contributed by atoms with E-state index in [4.69, 9.17) is 5.26 Å². The zero-order chi connectivity index (χ0) is 32.2. The van der Waals surface area contributed by atoms with Crippen molar-refractivity contribution in [2.24, 2.45) is 5.41 Å². The molecule has 43 heavy (non-hydrogen) atoms. The minimum absolute atomic E-state index is 0.0167. The van der Waals surface area contributed by atoms with E-state index in [2.05, 4.69) is 44.8 Å². The highest BCUT2D eigenvalue weighted by molar-refractivity contribution is 6.32. The van der Waals surface area contributed by atoms with Gasteiger partial charge in [-0.3, -0.25) is 14.5 Å². The normalized spacial score (nSPS) is 17.1. The number of nitriles is 1. The van der Waals surface area contributed by atoms with Crippen molar-refractivity contribution in [3.05, 3.63) is 40.5 Å². The molecule has 0 aliphatic carbocycles. The van der Waals surface area contributed by atoms with E-state index < -0.39 is 29.1 Å². The van der Waals surface area contributed by atoms with Crippen molar-refractivity contribution >= 4 is 23.5 Å². The summed E-state index contributed by atoms with van der Waals surface area (Å²) in [4.78, 5) is 43.6. The Hall–Kier alpha value is -3.39. The molecule has 3 rings (SSSR count). The Morgan fingerprint density at radius 3 is 2.16 bits per heavy atom. The van der Waals surface area contributed by atoms with Crippen molar-refractivity contribution in [1.29, 1.82) is 5.26 Å². The van der Waals surface area contributed by atoms with E-state index in [1.165, 1.54) is 19.1 Å². The van der Waals surface area contributed by atoms with Crippen LogP contribution >= 0.6 is 0 Å². The summed E-state index contributed by atoms with van der Waals surface area (Å²) in [6.07, 6.45) is -0.112. The van der Waals surface area contributed by atoms with E-state index in [0.717, 1.165) is 56.3 Å². The second-order valence-corrected chi connectivity index (χ2v) is 13.4. The van der Waals surface area contributed by atoms with Gasteiger partial charge in [0.05, 0.1) is 22.9 Å². The first-order valence-electron chi connectivity index (χ1n) is 14.9. The smallest absolute Gasteiger partial charge is 0.333 e. The third kappa shape index (κ3) is 9.05. The summed E-state index contributed by atoms with van der Waals surface area (Å²) in [6.45, 7) is 16.0. The van der Waals surface area contributed by atoms with Gasteiger partial charge in [0.15, 0.2) is 0 Å². The predicted molar refractivity (Wildman–Crippen MR) is 159 cm³/mol. The van der Waals surface area contributed by atoms with E-state index in [-0.39, 0.29) is 28.2 Å². The summed E-state index contributed by atoms with van der Waals surface area (Å²) >= 11 is 0. The molecule has 1 fully saturated rings. The molecule has 0 bridgehead atoms. The number of rotatable bonds is 10. The molecule has 1 aromatic rings. The lowest BCUT2D eigenvalue weighted by molar-refractivity contribution is -0.138. The highest BCUT2D eigenvalue weighted by Crippen LogP contribution is 2.37. The van der Waals surface area contributed by atoms with Gasteiger partial charge in [-0.15, -0.1) is 0 Å². The van der Waals surface area contributed by atoms with Crippen LogP contribution in [0, 0.1) is 16.7 Å². The van der Waals surface area contributed by atoms with Crippen LogP contribution in [0.15, 0.2) is 29.3 Å². The van der Waals surface area contributed by atoms with Gasteiger partial charge in [-0.1, -0.05) is 33.6 Å². The number of unbranched alkanes of at least 4 members (excludes halogenated alkanes) is 3. The lowest BCUT2D eigenvalue weighted by Gasteiger charge is -2.38. The van der Waals surface area contributed by atoms with Gasteiger partial charge in [-0.25, -0.2) is 9.69 Å². The van der Waals surface area contributed by atoms with E-state index in [1.807, 2.05) is 4.90 Å². The Morgan fingerprint density at radius 2 is 1.58 bits per heavy atom. The average Bonchev–Trinajstić information content (AvgIpc) is 3.11. The fraction of sp³-hybridized carbons (Fsp3) is 0.625. The summed E-state index contributed by atoms with van der Waals surface area (Å²) in [5.41, 5.74) is -1.54. The molecule has 0 unspecified atom stereocenters. The van der Waals surface area contributed by atoms with Crippen molar-refractivity contribution in [3.63, 3.8) is 0 Å². The molecule has 0 radical (unpaired) electrons. The maximum atomic E-state index is 13.4. The molecule has 0 atom stereocenters. The molecule has 2 aliphatic heterocycles. The molecule has 8 nitrogen and oxygen atoms in total. The zero-order valence-electron chi connectivity index (χ0n) is 26.2. The summed E-state index contributed by atoms with van der Waals surface area (Å²) in [5, 5.41) is 12.2. The van der Waals surface area contributed by atoms with Gasteiger partial charge >= 0.3 is 12.2 Å². The van der Waals surface area contributed by atoms with Crippen molar-refractivity contribution in [2.75, 3.05) is 37.6 Å². The SMILES string of the molecule is CC1=C(CCCCCCN2CCN(C(=O)NC(C)(C)CC(C)(C)C)CC2)C(=O)N(c2ccc(C#N)c(C(F)(F)F)c2)C1=O. The number of halogens is 3. The number of piperazine rings is 1. The van der Waals surface area contributed by atoms with Crippen molar-refractivity contribution in [3.8, 4) is 6.07 Å². The Labute approximate surface area is 252 Å². The highest BCUT2D eigenvalue weighted by atomic mass is 19.4. The summed E-state index contributed by atoms with van der Waals surface area (Å²) < 4.78 is 40.2. The van der Waals surface area contributed by atoms with E-state index in [9.17, 15) is 27.6 Å². The van der Waals surface area contributed by atoms with Crippen molar-refractivity contribution in [1.82, 2.24) is 15.1 Å². The van der Waals surface area contributed by atoms with Crippen LogP contribution in [0.1, 0.15) is 91.2 Å². The Morgan fingerprint density at radius 1 is 0.953 bits per heavy atom. The van der Waals surface area contributed by atoms with Gasteiger partial charge in [0.25, 0.3) is 11.8 Å². The summed E-state index contributed by atoms with van der Waals surface area (Å²) in [6, 6.07) is 4.35. The lowest BCUT2D eigenvalue weighted by Crippen LogP contribution is -2.56. The topological polar surface area (TPSA) is 96.8 Å². The first-order chi connectivity index (χ1) is 19.9. The van der Waals surface area contributed by atoms with E-state index in [1.54, 1.807) is 0 Å². The van der Waals surface area contributed by atoms with Crippen molar-refractivity contribution < 1.29 is 27.6 Å². The lowest BCUT2D eigenvalue weighted by atomic mass is 9.82. The number of anilines is 1. The molecule has 0 spiro atoms. The maximum absolute atomic E-state index is 13.4. The van der Waals surface area contributed by atoms with Gasteiger partial charge < -0.3 is 10.2 Å². The van der Waals surface area contributed by atoms with Gasteiger partial charge in [0.2, 0.25) is 0 Å². The molecule has 2 aliphatic rings. The number of nitrogens with zero attached hydrogens (tertiary/aromatic N) is 4. The number of hydrogen-bond acceptors (Lipinski definition) is 5. The first kappa shape index (κ1) is 34.1. The molecule has 236 valence electrons. The minimum atomic E-state index is -4.79. The number of urea groups is 1. The number of nitrogens with one attached hydrogen (secondary N) is 1. The maximum Gasteiger partial charge on any atom is 0.417 e. The predicted octanol–water partition coefficient (Wildman–Crippen LogP) is 6.26. The van der Waals surface area contributed by atoms with Crippen LogP contribution in [0.25, 0.3) is 0 Å². The van der Waals surface area contributed by atoms with Crippen LogP contribution in [-0.2, 0) is 15.8 Å². The number of benzene rings is 1. The third-order valence-corrected chi connectivity index (χ3v) is 7.85. The molecule has 1 N–H and O–H groups in total. The highest BCUT2D eigenvalue weighted by Gasteiger charge is 2.39. The second kappa shape index (κ2) is 13.5. The molecule has 0 aromatic heterocycles. The van der Waals surface area contributed by atoms with Gasteiger partial charge in [-0.05, 0) is 76.6 Å². The van der Waals surface area contributed by atoms with Crippen LogP contribution in [-0.4, -0.2) is 65.9 Å².